The Morgan fingerprint density at radius 3 is 1.71 bits per heavy atom. The summed E-state index contributed by atoms with van der Waals surface area (Å²) in [6.45, 7) is 13.5. The topological polar surface area (TPSA) is 112 Å². The van der Waals surface area contributed by atoms with Crippen LogP contribution in [0, 0.1) is 11.1 Å². The molecule has 10 nitrogen and oxygen atoms in total. The fraction of sp³-hybridized carbons (Fsp3) is 0.636. The lowest BCUT2D eigenvalue weighted by atomic mass is 10.2. The van der Waals surface area contributed by atoms with E-state index in [1.54, 1.807) is 12.7 Å². The van der Waals surface area contributed by atoms with E-state index in [1.165, 1.54) is 0 Å². The third-order valence-corrected chi connectivity index (χ3v) is 6.90. The Kier molecular flexibility index (Phi) is 17.4. The number of aromatic nitrogens is 4. The Morgan fingerprint density at radius 2 is 1.34 bits per heavy atom. The number of halogens is 3. The number of carbonyl (C=O) groups is 2. The van der Waals surface area contributed by atoms with Gasteiger partial charge in [0.2, 0.25) is 0 Å². The molecule has 0 radical (unpaired) electrons. The minimum atomic E-state index is -0.455. The zero-order valence-electron chi connectivity index (χ0n) is 19.6. The summed E-state index contributed by atoms with van der Waals surface area (Å²) in [6, 6.07) is 0. The molecule has 2 aromatic rings. The van der Waals surface area contributed by atoms with Crippen molar-refractivity contribution < 1.29 is 19.1 Å². The summed E-state index contributed by atoms with van der Waals surface area (Å²) in [6.07, 6.45) is 4.64. The van der Waals surface area contributed by atoms with Gasteiger partial charge in [0.25, 0.3) is 0 Å². The number of hydrogen-bond donors (Lipinski definition) is 2. The molecule has 2 heterocycles. The second-order valence-corrected chi connectivity index (χ2v) is 12.0. The standard InChI is InChI=1S/C10H15I2N3O2.C10H16IN3O2.2CH4/c1-10(2,3)17-9(16)13-4-5-15-6-14-7(11)8(15)12;1-10(2,3)16-9(15)12-4-5-14-6-8(11)13-7-14;;/h6H,4-5H2,1-3H3,(H,13,16);6-7H,4-5H2,1-3H3,(H,12,15);2*1H4. The van der Waals surface area contributed by atoms with Gasteiger partial charge >= 0.3 is 12.2 Å². The molecular weight excluding hydrogens is 793 g/mol. The van der Waals surface area contributed by atoms with Crippen molar-refractivity contribution in [3.63, 3.8) is 0 Å². The van der Waals surface area contributed by atoms with Gasteiger partial charge in [0.15, 0.2) is 0 Å². The Hall–Kier alpha value is -0.850. The van der Waals surface area contributed by atoms with Crippen LogP contribution in [0.2, 0.25) is 0 Å². The highest BCUT2D eigenvalue weighted by Gasteiger charge is 2.16. The summed E-state index contributed by atoms with van der Waals surface area (Å²) < 4.78 is 17.1. The third-order valence-electron chi connectivity index (χ3n) is 3.39. The predicted octanol–water partition coefficient (Wildman–Crippen LogP) is 5.90. The quantitative estimate of drug-likeness (QED) is 0.351. The van der Waals surface area contributed by atoms with Crippen molar-refractivity contribution >= 4 is 80.0 Å². The van der Waals surface area contributed by atoms with Crippen LogP contribution in [0.3, 0.4) is 0 Å². The average Bonchev–Trinajstić information content (AvgIpc) is 3.19. The van der Waals surface area contributed by atoms with Gasteiger partial charge in [0.05, 0.1) is 12.7 Å². The lowest BCUT2D eigenvalue weighted by molar-refractivity contribution is 0.0514. The van der Waals surface area contributed by atoms with Gasteiger partial charge in [-0.2, -0.15) is 0 Å². The minimum absolute atomic E-state index is 0. The van der Waals surface area contributed by atoms with Crippen LogP contribution in [0.1, 0.15) is 56.4 Å². The van der Waals surface area contributed by atoms with Crippen LogP contribution in [0.5, 0.6) is 0 Å². The van der Waals surface area contributed by atoms with E-state index in [0.29, 0.717) is 26.2 Å². The lowest BCUT2D eigenvalue weighted by Gasteiger charge is -2.19. The molecule has 2 rings (SSSR count). The van der Waals surface area contributed by atoms with Gasteiger partial charge < -0.3 is 29.2 Å². The Labute approximate surface area is 250 Å². The maximum atomic E-state index is 11.4. The fourth-order valence-electron chi connectivity index (χ4n) is 2.15. The Bertz CT molecular complexity index is 904. The Balaban J connectivity index is 0. The predicted molar refractivity (Wildman–Crippen MR) is 165 cm³/mol. The smallest absolute Gasteiger partial charge is 0.407 e. The molecular formula is C22H39I3N6O4. The zero-order valence-corrected chi connectivity index (χ0v) is 26.1. The first-order valence-corrected chi connectivity index (χ1v) is 13.4. The Morgan fingerprint density at radius 1 is 0.857 bits per heavy atom. The summed E-state index contributed by atoms with van der Waals surface area (Å²) in [5, 5.41) is 5.39. The van der Waals surface area contributed by atoms with Crippen LogP contribution in [-0.4, -0.2) is 55.6 Å². The van der Waals surface area contributed by atoms with Crippen LogP contribution in [0.25, 0.3) is 0 Å². The lowest BCUT2D eigenvalue weighted by Crippen LogP contribution is -2.34. The van der Waals surface area contributed by atoms with Gasteiger partial charge in [-0.1, -0.05) is 14.9 Å². The molecule has 0 aromatic carbocycles. The number of alkyl carbamates (subject to hydrolysis) is 2. The first kappa shape index (κ1) is 36.3. The number of hydrogen-bond acceptors (Lipinski definition) is 6. The van der Waals surface area contributed by atoms with E-state index in [0.717, 1.165) is 11.1 Å². The van der Waals surface area contributed by atoms with Gasteiger partial charge in [-0.05, 0) is 109 Å². The molecule has 0 bridgehead atoms. The van der Waals surface area contributed by atoms with Crippen LogP contribution in [-0.2, 0) is 22.6 Å². The van der Waals surface area contributed by atoms with E-state index >= 15 is 0 Å². The van der Waals surface area contributed by atoms with Gasteiger partial charge in [-0.3, -0.25) is 0 Å². The van der Waals surface area contributed by atoms with Crippen molar-refractivity contribution in [1.82, 2.24) is 29.7 Å². The van der Waals surface area contributed by atoms with E-state index in [2.05, 4.69) is 88.4 Å². The number of amides is 2. The first-order chi connectivity index (χ1) is 15.2. The van der Waals surface area contributed by atoms with E-state index in [4.69, 9.17) is 9.47 Å². The number of nitrogens with zero attached hydrogens (tertiary/aromatic N) is 4. The fourth-order valence-corrected chi connectivity index (χ4v) is 3.57. The second kappa shape index (κ2) is 16.8. The van der Waals surface area contributed by atoms with Gasteiger partial charge in [0.1, 0.15) is 22.3 Å². The molecule has 0 aliphatic rings. The molecule has 0 unspecified atom stereocenters. The molecule has 2 N–H and O–H groups in total. The first-order valence-electron chi connectivity index (χ1n) is 10.1. The molecule has 0 saturated heterocycles. The van der Waals surface area contributed by atoms with Gasteiger partial charge in [-0.15, -0.1) is 0 Å². The molecule has 2 amide bonds. The highest BCUT2D eigenvalue weighted by atomic mass is 127. The van der Waals surface area contributed by atoms with Crippen LogP contribution in [0.15, 0.2) is 18.9 Å². The molecule has 13 heteroatoms. The van der Waals surface area contributed by atoms with E-state index in [1.807, 2.05) is 56.9 Å². The normalized spacial score (nSPS) is 10.7. The molecule has 202 valence electrons. The highest BCUT2D eigenvalue weighted by Crippen LogP contribution is 2.12. The summed E-state index contributed by atoms with van der Waals surface area (Å²) in [4.78, 5) is 30.9. The van der Waals surface area contributed by atoms with E-state index in [9.17, 15) is 9.59 Å². The van der Waals surface area contributed by atoms with Gasteiger partial charge in [0, 0.05) is 32.4 Å². The zero-order chi connectivity index (χ0) is 25.2. The maximum absolute atomic E-state index is 11.4. The van der Waals surface area contributed by atoms with E-state index < -0.39 is 11.2 Å². The van der Waals surface area contributed by atoms with Crippen molar-refractivity contribution in [2.24, 2.45) is 0 Å². The van der Waals surface area contributed by atoms with Crippen molar-refractivity contribution in [3.05, 3.63) is 30.0 Å². The molecule has 0 fully saturated rings. The molecule has 0 saturated carbocycles. The SMILES string of the molecule is C.C.CC(C)(C)OC(=O)NCCn1cnc(I)c1.CC(C)(C)OC(=O)NCCn1cnc(I)c1I. The van der Waals surface area contributed by atoms with E-state index in [-0.39, 0.29) is 27.0 Å². The third kappa shape index (κ3) is 17.3. The molecule has 0 aliphatic heterocycles. The van der Waals surface area contributed by atoms with Crippen LogP contribution < -0.4 is 10.6 Å². The maximum Gasteiger partial charge on any atom is 0.407 e. The molecule has 2 aromatic heterocycles. The van der Waals surface area contributed by atoms with Gasteiger partial charge in [-0.25, -0.2) is 19.6 Å². The number of rotatable bonds is 6. The highest BCUT2D eigenvalue weighted by molar-refractivity contribution is 14.1. The number of ether oxygens (including phenoxy) is 2. The minimum Gasteiger partial charge on any atom is -0.444 e. The summed E-state index contributed by atoms with van der Waals surface area (Å²) in [7, 11) is 0. The number of nitrogens with one attached hydrogen (secondary N) is 2. The monoisotopic (exact) mass is 832 g/mol. The summed E-state index contributed by atoms with van der Waals surface area (Å²) in [5.74, 6) is 0. The largest absolute Gasteiger partial charge is 0.444 e. The summed E-state index contributed by atoms with van der Waals surface area (Å²) in [5.41, 5.74) is -0.905. The van der Waals surface area contributed by atoms with Crippen molar-refractivity contribution in [2.75, 3.05) is 13.1 Å². The molecule has 0 aliphatic carbocycles. The molecule has 0 spiro atoms. The second-order valence-electron chi connectivity index (χ2n) is 8.81. The summed E-state index contributed by atoms with van der Waals surface area (Å²) >= 11 is 6.54. The molecule has 0 atom stereocenters. The van der Waals surface area contributed by atoms with Crippen LogP contribution >= 0.6 is 67.8 Å². The number of carbonyl (C=O) groups excluding carboxylic acids is 2. The number of imidazole rings is 2. The van der Waals surface area contributed by atoms with Crippen molar-refractivity contribution in [2.45, 2.75) is 80.7 Å². The van der Waals surface area contributed by atoms with Crippen molar-refractivity contribution in [3.8, 4) is 0 Å². The molecule has 35 heavy (non-hydrogen) atoms. The van der Waals surface area contributed by atoms with Crippen LogP contribution in [0.4, 0.5) is 9.59 Å². The van der Waals surface area contributed by atoms with Crippen molar-refractivity contribution in [1.29, 1.82) is 0 Å². The average molecular weight is 832 g/mol.